The van der Waals surface area contributed by atoms with Gasteiger partial charge in [-0.3, -0.25) is 0 Å². The van der Waals surface area contributed by atoms with Crippen LogP contribution in [0.25, 0.3) is 0 Å². The lowest BCUT2D eigenvalue weighted by Crippen LogP contribution is -2.03. The molecule has 0 spiro atoms. The van der Waals surface area contributed by atoms with Gasteiger partial charge in [0, 0.05) is 17.7 Å². The zero-order valence-corrected chi connectivity index (χ0v) is 11.9. The minimum atomic E-state index is 0.732. The van der Waals surface area contributed by atoms with Crippen molar-refractivity contribution in [2.24, 2.45) is 0 Å². The molecule has 2 aromatic rings. The smallest absolute Gasteiger partial charge is 0.133 e. The third kappa shape index (κ3) is 2.85. The summed E-state index contributed by atoms with van der Waals surface area (Å²) in [6, 6.07) is 8.52. The zero-order valence-electron chi connectivity index (χ0n) is 11.1. The largest absolute Gasteiger partial charge is 0.347 e. The minimum Gasteiger partial charge on any atom is -0.347 e. The van der Waals surface area contributed by atoms with E-state index in [0.29, 0.717) is 0 Å². The summed E-state index contributed by atoms with van der Waals surface area (Å²) in [5, 5.41) is 0. The summed E-state index contributed by atoms with van der Waals surface area (Å²) in [6.45, 7) is 6.26. The zero-order chi connectivity index (χ0) is 13.1. The van der Waals surface area contributed by atoms with Crippen LogP contribution in [0, 0.1) is 18.5 Å². The second-order valence-corrected chi connectivity index (χ2v) is 4.99. The van der Waals surface area contributed by atoms with Crippen molar-refractivity contribution >= 4 is 12.2 Å². The molecule has 0 bridgehead atoms. The number of rotatable bonds is 3. The first kappa shape index (κ1) is 13.0. The van der Waals surface area contributed by atoms with Gasteiger partial charge in [0.05, 0.1) is 0 Å². The Balaban J connectivity index is 2.30. The van der Waals surface area contributed by atoms with E-state index < -0.39 is 0 Å². The molecule has 0 fully saturated rings. The summed E-state index contributed by atoms with van der Waals surface area (Å²) in [5.74, 6) is 0.943. The molecule has 0 aliphatic rings. The van der Waals surface area contributed by atoms with E-state index >= 15 is 0 Å². The van der Waals surface area contributed by atoms with Crippen LogP contribution >= 0.6 is 12.2 Å². The van der Waals surface area contributed by atoms with Crippen molar-refractivity contribution in [3.05, 3.63) is 57.1 Å². The van der Waals surface area contributed by atoms with Gasteiger partial charge in [-0.2, -0.15) is 0 Å². The normalized spacial score (nSPS) is 10.6. The van der Waals surface area contributed by atoms with Crippen LogP contribution in [0.5, 0.6) is 0 Å². The SMILES string of the molecule is CCc1c(C)[nH]c(Cc2ccc(C)cc2)nc1=S. The van der Waals surface area contributed by atoms with Crippen molar-refractivity contribution in [1.29, 1.82) is 0 Å². The molecule has 0 radical (unpaired) electrons. The molecule has 1 N–H and O–H groups in total. The van der Waals surface area contributed by atoms with Crippen LogP contribution in [0.4, 0.5) is 0 Å². The molecule has 0 aliphatic carbocycles. The third-order valence-corrected chi connectivity index (χ3v) is 3.46. The van der Waals surface area contributed by atoms with E-state index in [1.54, 1.807) is 0 Å². The Bertz CT molecular complexity index is 597. The van der Waals surface area contributed by atoms with Gasteiger partial charge in [0.2, 0.25) is 0 Å². The van der Waals surface area contributed by atoms with Gasteiger partial charge in [0.25, 0.3) is 0 Å². The average molecular weight is 258 g/mol. The molecule has 0 unspecified atom stereocenters. The minimum absolute atomic E-state index is 0.732. The first-order valence-corrected chi connectivity index (χ1v) is 6.65. The summed E-state index contributed by atoms with van der Waals surface area (Å²) in [7, 11) is 0. The Labute approximate surface area is 113 Å². The Morgan fingerprint density at radius 3 is 2.39 bits per heavy atom. The fraction of sp³-hybridized carbons (Fsp3) is 0.333. The Morgan fingerprint density at radius 2 is 1.83 bits per heavy atom. The van der Waals surface area contributed by atoms with E-state index in [1.807, 2.05) is 0 Å². The van der Waals surface area contributed by atoms with Crippen LogP contribution in [0.3, 0.4) is 0 Å². The standard InChI is InChI=1S/C15H18N2S/c1-4-13-11(3)16-14(17-15(13)18)9-12-7-5-10(2)6-8-12/h5-8H,4,9H2,1-3H3,(H,16,17,18). The first-order chi connectivity index (χ1) is 8.60. The van der Waals surface area contributed by atoms with Crippen LogP contribution < -0.4 is 0 Å². The lowest BCUT2D eigenvalue weighted by molar-refractivity contribution is 0.895. The Hall–Kier alpha value is -1.48. The number of hydrogen-bond acceptors (Lipinski definition) is 2. The van der Waals surface area contributed by atoms with Crippen molar-refractivity contribution in [3.8, 4) is 0 Å². The van der Waals surface area contributed by atoms with Gasteiger partial charge >= 0.3 is 0 Å². The third-order valence-electron chi connectivity index (χ3n) is 3.12. The van der Waals surface area contributed by atoms with Gasteiger partial charge in [-0.05, 0) is 25.8 Å². The fourth-order valence-electron chi connectivity index (χ4n) is 2.07. The maximum absolute atomic E-state index is 5.33. The topological polar surface area (TPSA) is 28.7 Å². The molecular weight excluding hydrogens is 240 g/mol. The number of nitrogens with one attached hydrogen (secondary N) is 1. The molecule has 0 atom stereocenters. The monoisotopic (exact) mass is 258 g/mol. The van der Waals surface area contributed by atoms with Gasteiger partial charge in [0.15, 0.2) is 0 Å². The van der Waals surface area contributed by atoms with E-state index in [1.165, 1.54) is 11.1 Å². The van der Waals surface area contributed by atoms with Gasteiger partial charge in [-0.25, -0.2) is 4.98 Å². The van der Waals surface area contributed by atoms with Gasteiger partial charge in [0.1, 0.15) is 10.5 Å². The van der Waals surface area contributed by atoms with Crippen molar-refractivity contribution in [2.75, 3.05) is 0 Å². The second-order valence-electron chi connectivity index (χ2n) is 4.61. The molecule has 1 aromatic heterocycles. The Morgan fingerprint density at radius 1 is 1.17 bits per heavy atom. The number of aromatic amines is 1. The van der Waals surface area contributed by atoms with Crippen molar-refractivity contribution in [3.63, 3.8) is 0 Å². The number of benzene rings is 1. The quantitative estimate of drug-likeness (QED) is 0.846. The highest BCUT2D eigenvalue weighted by molar-refractivity contribution is 7.71. The summed E-state index contributed by atoms with van der Waals surface area (Å²) >= 11 is 5.33. The summed E-state index contributed by atoms with van der Waals surface area (Å²) < 4.78 is 0.732. The number of nitrogens with zero attached hydrogens (tertiary/aromatic N) is 1. The number of aryl methyl sites for hydroxylation is 2. The first-order valence-electron chi connectivity index (χ1n) is 6.24. The molecule has 0 saturated heterocycles. The number of aromatic nitrogens is 2. The molecule has 2 nitrogen and oxygen atoms in total. The van der Waals surface area contributed by atoms with Crippen molar-refractivity contribution in [2.45, 2.75) is 33.6 Å². The predicted octanol–water partition coefficient (Wildman–Crippen LogP) is 3.91. The van der Waals surface area contributed by atoms with Crippen LogP contribution in [-0.4, -0.2) is 9.97 Å². The average Bonchev–Trinajstić information content (AvgIpc) is 2.32. The summed E-state index contributed by atoms with van der Waals surface area (Å²) in [6.07, 6.45) is 1.73. The number of hydrogen-bond donors (Lipinski definition) is 1. The van der Waals surface area contributed by atoms with Crippen molar-refractivity contribution in [1.82, 2.24) is 9.97 Å². The van der Waals surface area contributed by atoms with E-state index in [4.69, 9.17) is 12.2 Å². The van der Waals surface area contributed by atoms with Crippen LogP contribution in [0.2, 0.25) is 0 Å². The maximum atomic E-state index is 5.33. The molecule has 2 rings (SSSR count). The van der Waals surface area contributed by atoms with Gasteiger partial charge in [-0.1, -0.05) is 49.0 Å². The van der Waals surface area contributed by atoms with E-state index in [0.717, 1.165) is 34.6 Å². The van der Waals surface area contributed by atoms with Crippen LogP contribution in [-0.2, 0) is 12.8 Å². The molecule has 0 amide bonds. The van der Waals surface area contributed by atoms with Crippen molar-refractivity contribution < 1.29 is 0 Å². The lowest BCUT2D eigenvalue weighted by atomic mass is 10.1. The van der Waals surface area contributed by atoms with Crippen LogP contribution in [0.1, 0.15) is 35.1 Å². The maximum Gasteiger partial charge on any atom is 0.133 e. The molecule has 3 heteroatoms. The molecule has 1 aromatic carbocycles. The van der Waals surface area contributed by atoms with E-state index in [2.05, 4.69) is 55.0 Å². The molecule has 1 heterocycles. The molecule has 94 valence electrons. The predicted molar refractivity (Wildman–Crippen MR) is 77.5 cm³/mol. The molecular formula is C15H18N2S. The summed E-state index contributed by atoms with van der Waals surface area (Å²) in [5.41, 5.74) is 4.82. The fourth-order valence-corrected chi connectivity index (χ4v) is 2.48. The highest BCUT2D eigenvalue weighted by Crippen LogP contribution is 2.11. The molecule has 0 aliphatic heterocycles. The molecule has 18 heavy (non-hydrogen) atoms. The highest BCUT2D eigenvalue weighted by Gasteiger charge is 2.04. The second kappa shape index (κ2) is 5.44. The number of H-pyrrole nitrogens is 1. The summed E-state index contributed by atoms with van der Waals surface area (Å²) in [4.78, 5) is 7.83. The van der Waals surface area contributed by atoms with Crippen LogP contribution in [0.15, 0.2) is 24.3 Å². The highest BCUT2D eigenvalue weighted by atomic mass is 32.1. The van der Waals surface area contributed by atoms with E-state index in [-0.39, 0.29) is 0 Å². The van der Waals surface area contributed by atoms with Gasteiger partial charge < -0.3 is 4.98 Å². The molecule has 0 saturated carbocycles. The van der Waals surface area contributed by atoms with E-state index in [9.17, 15) is 0 Å². The van der Waals surface area contributed by atoms with Gasteiger partial charge in [-0.15, -0.1) is 0 Å². The lowest BCUT2D eigenvalue weighted by Gasteiger charge is -2.07. The Kier molecular flexibility index (Phi) is 3.92.